The van der Waals surface area contributed by atoms with Crippen LogP contribution in [0.15, 0.2) is 18.3 Å². The fraction of sp³-hybridized carbons (Fsp3) is 0.615. The Morgan fingerprint density at radius 2 is 2.41 bits per heavy atom. The van der Waals surface area contributed by atoms with E-state index in [4.69, 9.17) is 0 Å². The Balaban J connectivity index is 1.87. The zero-order valence-electron chi connectivity index (χ0n) is 10.2. The first-order valence-electron chi connectivity index (χ1n) is 6.33. The highest BCUT2D eigenvalue weighted by atomic mass is 16.3. The van der Waals surface area contributed by atoms with Gasteiger partial charge in [0.25, 0.3) is 5.91 Å². The van der Waals surface area contributed by atoms with Crippen LogP contribution in [0.25, 0.3) is 0 Å². The van der Waals surface area contributed by atoms with Gasteiger partial charge in [-0.3, -0.25) is 4.79 Å². The van der Waals surface area contributed by atoms with Gasteiger partial charge in [0.2, 0.25) is 0 Å². The number of nitrogens with zero attached hydrogens (tertiary/aromatic N) is 1. The van der Waals surface area contributed by atoms with Gasteiger partial charge in [0, 0.05) is 19.3 Å². The molecule has 94 valence electrons. The van der Waals surface area contributed by atoms with Crippen molar-refractivity contribution in [3.05, 3.63) is 24.0 Å². The standard InChI is InChI=1S/C13H20N2O2/c1-2-7-15-8-3-4-11(15)13(17)14-9-12(16)10-5-6-10/h3-4,8,10,12,16H,2,5-7,9H2,1H3,(H,14,17). The molecule has 1 fully saturated rings. The van der Waals surface area contributed by atoms with E-state index < -0.39 is 0 Å². The van der Waals surface area contributed by atoms with E-state index >= 15 is 0 Å². The van der Waals surface area contributed by atoms with Crippen molar-refractivity contribution in [1.29, 1.82) is 0 Å². The van der Waals surface area contributed by atoms with Crippen LogP contribution < -0.4 is 5.32 Å². The van der Waals surface area contributed by atoms with Gasteiger partial charge in [-0.1, -0.05) is 6.92 Å². The Labute approximate surface area is 102 Å². The molecule has 0 saturated heterocycles. The second-order valence-corrected chi connectivity index (χ2v) is 4.70. The summed E-state index contributed by atoms with van der Waals surface area (Å²) in [7, 11) is 0. The Hall–Kier alpha value is -1.29. The van der Waals surface area contributed by atoms with Crippen LogP contribution in [0.1, 0.15) is 36.7 Å². The molecule has 0 aliphatic heterocycles. The maximum absolute atomic E-state index is 11.9. The minimum Gasteiger partial charge on any atom is -0.391 e. The molecule has 1 heterocycles. The molecule has 0 aromatic carbocycles. The van der Waals surface area contributed by atoms with Crippen LogP contribution in [-0.2, 0) is 6.54 Å². The van der Waals surface area contributed by atoms with Crippen molar-refractivity contribution in [2.45, 2.75) is 38.8 Å². The van der Waals surface area contributed by atoms with Crippen LogP contribution in [0.5, 0.6) is 0 Å². The van der Waals surface area contributed by atoms with E-state index in [9.17, 15) is 9.90 Å². The quantitative estimate of drug-likeness (QED) is 0.784. The van der Waals surface area contributed by atoms with Crippen LogP contribution in [0.4, 0.5) is 0 Å². The highest BCUT2D eigenvalue weighted by Gasteiger charge is 2.29. The van der Waals surface area contributed by atoms with Crippen molar-refractivity contribution in [2.24, 2.45) is 5.92 Å². The molecule has 2 rings (SSSR count). The SMILES string of the molecule is CCCn1cccc1C(=O)NCC(O)C1CC1. The van der Waals surface area contributed by atoms with E-state index in [2.05, 4.69) is 12.2 Å². The highest BCUT2D eigenvalue weighted by molar-refractivity contribution is 5.92. The lowest BCUT2D eigenvalue weighted by Gasteiger charge is -2.12. The summed E-state index contributed by atoms with van der Waals surface area (Å²) in [5.41, 5.74) is 0.676. The minimum absolute atomic E-state index is 0.0943. The molecule has 0 bridgehead atoms. The summed E-state index contributed by atoms with van der Waals surface area (Å²) in [5.74, 6) is 0.306. The normalized spacial score (nSPS) is 16.8. The fourth-order valence-electron chi connectivity index (χ4n) is 1.99. The summed E-state index contributed by atoms with van der Waals surface area (Å²) in [6.07, 6.45) is 4.70. The Bertz CT molecular complexity index is 383. The lowest BCUT2D eigenvalue weighted by molar-refractivity contribution is 0.0892. The number of amides is 1. The molecule has 0 radical (unpaired) electrons. The Kier molecular flexibility index (Phi) is 3.84. The van der Waals surface area contributed by atoms with Gasteiger partial charge in [0.05, 0.1) is 6.10 Å². The van der Waals surface area contributed by atoms with E-state index in [1.807, 2.05) is 22.9 Å². The van der Waals surface area contributed by atoms with Crippen LogP contribution in [0, 0.1) is 5.92 Å². The van der Waals surface area contributed by atoms with Gasteiger partial charge >= 0.3 is 0 Å². The number of aryl methyl sites for hydroxylation is 1. The summed E-state index contributed by atoms with van der Waals surface area (Å²) in [4.78, 5) is 11.9. The van der Waals surface area contributed by atoms with Gasteiger partial charge < -0.3 is 15.0 Å². The fourth-order valence-corrected chi connectivity index (χ4v) is 1.99. The number of carbonyl (C=O) groups is 1. The average Bonchev–Trinajstić information content (AvgIpc) is 3.07. The van der Waals surface area contributed by atoms with E-state index in [1.165, 1.54) is 0 Å². The molecule has 4 nitrogen and oxygen atoms in total. The van der Waals surface area contributed by atoms with Crippen LogP contribution in [0.3, 0.4) is 0 Å². The largest absolute Gasteiger partial charge is 0.391 e. The average molecular weight is 236 g/mol. The van der Waals surface area contributed by atoms with Gasteiger partial charge in [-0.05, 0) is 37.3 Å². The molecule has 1 aromatic heterocycles. The van der Waals surface area contributed by atoms with E-state index in [1.54, 1.807) is 0 Å². The highest BCUT2D eigenvalue weighted by Crippen LogP contribution is 2.32. The lowest BCUT2D eigenvalue weighted by Crippen LogP contribution is -2.34. The summed E-state index contributed by atoms with van der Waals surface area (Å²) in [6, 6.07) is 3.69. The van der Waals surface area contributed by atoms with Crippen LogP contribution >= 0.6 is 0 Å². The molecule has 1 saturated carbocycles. The molecule has 0 spiro atoms. The van der Waals surface area contributed by atoms with Crippen molar-refractivity contribution >= 4 is 5.91 Å². The molecule has 1 amide bonds. The predicted molar refractivity (Wildman–Crippen MR) is 65.8 cm³/mol. The summed E-state index contributed by atoms with van der Waals surface area (Å²) in [6.45, 7) is 3.29. The van der Waals surface area contributed by atoms with E-state index in [0.29, 0.717) is 18.2 Å². The third kappa shape index (κ3) is 3.09. The molecule has 1 aromatic rings. The van der Waals surface area contributed by atoms with Crippen molar-refractivity contribution in [3.63, 3.8) is 0 Å². The molecule has 17 heavy (non-hydrogen) atoms. The second-order valence-electron chi connectivity index (χ2n) is 4.70. The number of aliphatic hydroxyl groups is 1. The number of nitrogens with one attached hydrogen (secondary N) is 1. The van der Waals surface area contributed by atoms with Crippen molar-refractivity contribution < 1.29 is 9.90 Å². The summed E-state index contributed by atoms with van der Waals surface area (Å²) in [5, 5.41) is 12.5. The molecule has 1 aliphatic carbocycles. The van der Waals surface area contributed by atoms with Crippen LogP contribution in [-0.4, -0.2) is 28.2 Å². The maximum Gasteiger partial charge on any atom is 0.267 e. The van der Waals surface area contributed by atoms with Crippen LogP contribution in [0.2, 0.25) is 0 Å². The number of aromatic nitrogens is 1. The molecule has 1 aliphatic rings. The van der Waals surface area contributed by atoms with Crippen molar-refractivity contribution in [1.82, 2.24) is 9.88 Å². The third-order valence-corrected chi connectivity index (χ3v) is 3.16. The number of rotatable bonds is 6. The van der Waals surface area contributed by atoms with E-state index in [0.717, 1.165) is 25.8 Å². The number of carbonyl (C=O) groups excluding carboxylic acids is 1. The molecular formula is C13H20N2O2. The summed E-state index contributed by atoms with van der Waals surface area (Å²) < 4.78 is 1.94. The van der Waals surface area contributed by atoms with Crippen molar-refractivity contribution in [2.75, 3.05) is 6.54 Å². The van der Waals surface area contributed by atoms with Gasteiger partial charge in [0.15, 0.2) is 0 Å². The zero-order valence-corrected chi connectivity index (χ0v) is 10.2. The Morgan fingerprint density at radius 1 is 1.65 bits per heavy atom. The first kappa shape index (κ1) is 12.2. The third-order valence-electron chi connectivity index (χ3n) is 3.16. The first-order chi connectivity index (χ1) is 8.22. The van der Waals surface area contributed by atoms with Crippen molar-refractivity contribution in [3.8, 4) is 0 Å². The number of aliphatic hydroxyl groups excluding tert-OH is 1. The topological polar surface area (TPSA) is 54.3 Å². The first-order valence-corrected chi connectivity index (χ1v) is 6.33. The molecule has 4 heteroatoms. The Morgan fingerprint density at radius 3 is 3.06 bits per heavy atom. The minimum atomic E-state index is -0.381. The molecule has 1 atom stereocenters. The maximum atomic E-state index is 11.9. The smallest absolute Gasteiger partial charge is 0.267 e. The predicted octanol–water partition coefficient (Wildman–Crippen LogP) is 1.40. The summed E-state index contributed by atoms with van der Waals surface area (Å²) >= 11 is 0. The van der Waals surface area contributed by atoms with Gasteiger partial charge in [-0.25, -0.2) is 0 Å². The van der Waals surface area contributed by atoms with Gasteiger partial charge in [-0.15, -0.1) is 0 Å². The molecular weight excluding hydrogens is 216 g/mol. The molecule has 2 N–H and O–H groups in total. The van der Waals surface area contributed by atoms with Gasteiger partial charge in [-0.2, -0.15) is 0 Å². The molecule has 1 unspecified atom stereocenters. The lowest BCUT2D eigenvalue weighted by atomic mass is 10.2. The number of hydrogen-bond donors (Lipinski definition) is 2. The number of hydrogen-bond acceptors (Lipinski definition) is 2. The van der Waals surface area contributed by atoms with E-state index in [-0.39, 0.29) is 12.0 Å². The van der Waals surface area contributed by atoms with Gasteiger partial charge in [0.1, 0.15) is 5.69 Å². The second kappa shape index (κ2) is 5.36. The monoisotopic (exact) mass is 236 g/mol. The zero-order chi connectivity index (χ0) is 12.3.